The monoisotopic (exact) mass is 221 g/mol. The molecule has 1 aromatic heterocycles. The molecule has 76 valence electrons. The van der Waals surface area contributed by atoms with Crippen molar-refractivity contribution in [2.75, 3.05) is 4.90 Å². The molecule has 0 spiro atoms. The third-order valence-corrected chi connectivity index (χ3v) is 2.17. The number of hydrogen-bond acceptors (Lipinski definition) is 4. The molecule has 0 bridgehead atoms. The van der Waals surface area contributed by atoms with Gasteiger partial charge in [0.1, 0.15) is 12.2 Å². The standard InChI is InChI=1S/C9H7N3O2S/c13-7-5-8(14)12(9(15)11-7)6-3-1-2-4-10-6/h1-4H,5H2,(H,11,13,15). The first kappa shape index (κ1) is 9.72. The number of nitrogens with one attached hydrogen (secondary N) is 1. The van der Waals surface area contributed by atoms with E-state index in [1.807, 2.05) is 0 Å². The highest BCUT2D eigenvalue weighted by Crippen LogP contribution is 2.13. The van der Waals surface area contributed by atoms with Crippen LogP contribution in [-0.4, -0.2) is 21.9 Å². The van der Waals surface area contributed by atoms with Gasteiger partial charge in [0.05, 0.1) is 0 Å². The zero-order chi connectivity index (χ0) is 10.8. The van der Waals surface area contributed by atoms with Gasteiger partial charge in [0.25, 0.3) is 0 Å². The van der Waals surface area contributed by atoms with Crippen LogP contribution in [0.1, 0.15) is 6.42 Å². The van der Waals surface area contributed by atoms with E-state index in [0.29, 0.717) is 5.82 Å². The highest BCUT2D eigenvalue weighted by Gasteiger charge is 2.29. The van der Waals surface area contributed by atoms with Gasteiger partial charge in [0.2, 0.25) is 11.8 Å². The lowest BCUT2D eigenvalue weighted by atomic mass is 10.3. The Bertz CT molecular complexity index is 412. The molecule has 0 saturated carbocycles. The largest absolute Gasteiger partial charge is 0.302 e. The van der Waals surface area contributed by atoms with Crippen LogP contribution in [0.15, 0.2) is 24.4 Å². The van der Waals surface area contributed by atoms with Crippen LogP contribution in [0.3, 0.4) is 0 Å². The fourth-order valence-corrected chi connectivity index (χ4v) is 1.58. The second-order valence-corrected chi connectivity index (χ2v) is 3.33. The number of rotatable bonds is 1. The molecular weight excluding hydrogens is 214 g/mol. The first-order valence-corrected chi connectivity index (χ1v) is 4.67. The summed E-state index contributed by atoms with van der Waals surface area (Å²) in [6.07, 6.45) is 1.36. The summed E-state index contributed by atoms with van der Waals surface area (Å²) in [6, 6.07) is 5.13. The van der Waals surface area contributed by atoms with Gasteiger partial charge in [-0.2, -0.15) is 0 Å². The summed E-state index contributed by atoms with van der Waals surface area (Å²) in [5.41, 5.74) is 0. The minimum Gasteiger partial charge on any atom is -0.302 e. The van der Waals surface area contributed by atoms with E-state index in [1.54, 1.807) is 24.4 Å². The van der Waals surface area contributed by atoms with E-state index in [2.05, 4.69) is 10.3 Å². The van der Waals surface area contributed by atoms with Gasteiger partial charge in [-0.3, -0.25) is 9.59 Å². The molecule has 0 aromatic carbocycles. The third-order valence-electron chi connectivity index (χ3n) is 1.89. The van der Waals surface area contributed by atoms with Crippen molar-refractivity contribution in [1.29, 1.82) is 0 Å². The maximum absolute atomic E-state index is 11.6. The highest BCUT2D eigenvalue weighted by molar-refractivity contribution is 7.80. The van der Waals surface area contributed by atoms with Crippen molar-refractivity contribution in [3.8, 4) is 0 Å². The molecule has 1 saturated heterocycles. The first-order chi connectivity index (χ1) is 7.18. The maximum Gasteiger partial charge on any atom is 0.244 e. The molecule has 0 atom stereocenters. The summed E-state index contributed by atoms with van der Waals surface area (Å²) in [6.45, 7) is 0. The third kappa shape index (κ3) is 1.84. The Labute approximate surface area is 91.1 Å². The molecule has 2 rings (SSSR count). The van der Waals surface area contributed by atoms with Crippen molar-refractivity contribution in [3.05, 3.63) is 24.4 Å². The lowest BCUT2D eigenvalue weighted by Crippen LogP contribution is -2.53. The van der Waals surface area contributed by atoms with Gasteiger partial charge in [-0.05, 0) is 24.4 Å². The summed E-state index contributed by atoms with van der Waals surface area (Å²) in [7, 11) is 0. The Morgan fingerprint density at radius 2 is 2.20 bits per heavy atom. The molecule has 1 aliphatic heterocycles. The molecule has 0 radical (unpaired) electrons. The summed E-state index contributed by atoms with van der Waals surface area (Å²) < 4.78 is 0. The molecule has 0 unspecified atom stereocenters. The van der Waals surface area contributed by atoms with Gasteiger partial charge in [-0.1, -0.05) is 6.07 Å². The summed E-state index contributed by atoms with van der Waals surface area (Å²) >= 11 is 4.90. The van der Waals surface area contributed by atoms with Crippen LogP contribution in [0.5, 0.6) is 0 Å². The number of pyridine rings is 1. The van der Waals surface area contributed by atoms with Crippen LogP contribution < -0.4 is 10.2 Å². The predicted octanol–water partition coefficient (Wildman–Crippen LogP) is 0.219. The average molecular weight is 221 g/mol. The molecule has 2 amide bonds. The van der Waals surface area contributed by atoms with Crippen LogP contribution in [-0.2, 0) is 9.59 Å². The van der Waals surface area contributed by atoms with Crippen LogP contribution in [0.2, 0.25) is 0 Å². The number of hydrogen-bond donors (Lipinski definition) is 1. The Hall–Kier alpha value is -1.82. The second kappa shape index (κ2) is 3.74. The lowest BCUT2D eigenvalue weighted by Gasteiger charge is -2.26. The number of nitrogens with zero attached hydrogens (tertiary/aromatic N) is 2. The molecule has 15 heavy (non-hydrogen) atoms. The molecule has 1 N–H and O–H groups in total. The average Bonchev–Trinajstić information content (AvgIpc) is 2.17. The van der Waals surface area contributed by atoms with E-state index in [0.717, 1.165) is 0 Å². The minimum absolute atomic E-state index is 0.0787. The van der Waals surface area contributed by atoms with Crippen LogP contribution in [0, 0.1) is 0 Å². The van der Waals surface area contributed by atoms with Gasteiger partial charge in [-0.25, -0.2) is 9.88 Å². The van der Waals surface area contributed by atoms with Crippen molar-refractivity contribution in [3.63, 3.8) is 0 Å². The topological polar surface area (TPSA) is 62.3 Å². The van der Waals surface area contributed by atoms with E-state index in [1.165, 1.54) is 4.90 Å². The number of carbonyl (C=O) groups is 2. The van der Waals surface area contributed by atoms with Crippen molar-refractivity contribution in [2.24, 2.45) is 0 Å². The molecule has 2 heterocycles. The maximum atomic E-state index is 11.6. The number of thiocarbonyl (C=S) groups is 1. The fourth-order valence-electron chi connectivity index (χ4n) is 1.27. The quantitative estimate of drug-likeness (QED) is 0.544. The molecule has 1 fully saturated rings. The van der Waals surface area contributed by atoms with Gasteiger partial charge in [-0.15, -0.1) is 0 Å². The first-order valence-electron chi connectivity index (χ1n) is 4.26. The zero-order valence-corrected chi connectivity index (χ0v) is 8.45. The Morgan fingerprint density at radius 1 is 1.40 bits per heavy atom. The van der Waals surface area contributed by atoms with Crippen LogP contribution in [0.4, 0.5) is 5.82 Å². The number of amides is 2. The van der Waals surface area contributed by atoms with Gasteiger partial charge >= 0.3 is 0 Å². The van der Waals surface area contributed by atoms with E-state index in [-0.39, 0.29) is 23.3 Å². The summed E-state index contributed by atoms with van der Waals surface area (Å²) in [4.78, 5) is 27.8. The SMILES string of the molecule is O=C1CC(=O)N(c2ccccn2)C(=S)N1. The van der Waals surface area contributed by atoms with Crippen LogP contribution in [0.25, 0.3) is 0 Å². The number of aromatic nitrogens is 1. The Morgan fingerprint density at radius 3 is 2.80 bits per heavy atom. The van der Waals surface area contributed by atoms with Gasteiger partial charge in [0.15, 0.2) is 5.11 Å². The van der Waals surface area contributed by atoms with Gasteiger partial charge < -0.3 is 5.32 Å². The Balaban J connectivity index is 2.33. The zero-order valence-electron chi connectivity index (χ0n) is 7.64. The van der Waals surface area contributed by atoms with Gasteiger partial charge in [0, 0.05) is 6.20 Å². The van der Waals surface area contributed by atoms with E-state index >= 15 is 0 Å². The smallest absolute Gasteiger partial charge is 0.244 e. The number of anilines is 1. The molecule has 1 aliphatic rings. The number of carbonyl (C=O) groups excluding carboxylic acids is 2. The normalized spacial score (nSPS) is 16.5. The molecule has 0 aliphatic carbocycles. The lowest BCUT2D eigenvalue weighted by molar-refractivity contribution is -0.127. The minimum atomic E-state index is -0.378. The summed E-state index contributed by atoms with van der Waals surface area (Å²) in [5, 5.41) is 2.49. The predicted molar refractivity (Wildman–Crippen MR) is 57.1 cm³/mol. The van der Waals surface area contributed by atoms with Crippen molar-refractivity contribution in [2.45, 2.75) is 6.42 Å². The van der Waals surface area contributed by atoms with E-state index in [9.17, 15) is 9.59 Å². The summed E-state index contributed by atoms with van der Waals surface area (Å²) in [5.74, 6) is -0.313. The highest BCUT2D eigenvalue weighted by atomic mass is 32.1. The fraction of sp³-hybridized carbons (Fsp3) is 0.111. The van der Waals surface area contributed by atoms with Crippen molar-refractivity contribution < 1.29 is 9.59 Å². The van der Waals surface area contributed by atoms with Crippen LogP contribution >= 0.6 is 12.2 Å². The second-order valence-electron chi connectivity index (χ2n) is 2.95. The van der Waals surface area contributed by atoms with Crippen molar-refractivity contribution in [1.82, 2.24) is 10.3 Å². The van der Waals surface area contributed by atoms with E-state index in [4.69, 9.17) is 12.2 Å². The van der Waals surface area contributed by atoms with E-state index < -0.39 is 0 Å². The Kier molecular flexibility index (Phi) is 2.42. The molecular formula is C9H7N3O2S. The van der Waals surface area contributed by atoms with Crippen molar-refractivity contribution >= 4 is 35.0 Å². The molecule has 6 heteroatoms. The molecule has 5 nitrogen and oxygen atoms in total. The molecule has 1 aromatic rings.